The van der Waals surface area contributed by atoms with Crippen LogP contribution in [0, 0.1) is 6.92 Å². The SMILES string of the molecule is Cc1ccc2c(c1)OC(C)(C)CC2NC(=O)c1cccc2c1CCC2=O. The number of hydrogen-bond acceptors (Lipinski definition) is 3. The number of carbonyl (C=O) groups excluding carboxylic acids is 2. The lowest BCUT2D eigenvalue weighted by Gasteiger charge is -2.38. The molecular weight excluding hydrogens is 326 g/mol. The molecule has 2 aliphatic rings. The first-order valence-electron chi connectivity index (χ1n) is 9.09. The van der Waals surface area contributed by atoms with E-state index in [4.69, 9.17) is 4.74 Å². The summed E-state index contributed by atoms with van der Waals surface area (Å²) in [5.41, 5.74) is 3.98. The van der Waals surface area contributed by atoms with Crippen molar-refractivity contribution in [1.82, 2.24) is 5.32 Å². The van der Waals surface area contributed by atoms with E-state index in [0.29, 0.717) is 30.4 Å². The van der Waals surface area contributed by atoms with Gasteiger partial charge in [-0.1, -0.05) is 24.3 Å². The van der Waals surface area contributed by atoms with E-state index in [0.717, 1.165) is 22.4 Å². The monoisotopic (exact) mass is 349 g/mol. The molecule has 0 radical (unpaired) electrons. The van der Waals surface area contributed by atoms with E-state index in [1.807, 2.05) is 51.1 Å². The first kappa shape index (κ1) is 16.8. The van der Waals surface area contributed by atoms with Crippen molar-refractivity contribution in [2.24, 2.45) is 0 Å². The number of benzene rings is 2. The van der Waals surface area contributed by atoms with Crippen molar-refractivity contribution in [3.63, 3.8) is 0 Å². The van der Waals surface area contributed by atoms with Gasteiger partial charge in [-0.3, -0.25) is 9.59 Å². The van der Waals surface area contributed by atoms with Gasteiger partial charge in [0.25, 0.3) is 5.91 Å². The van der Waals surface area contributed by atoms with Crippen LogP contribution < -0.4 is 10.1 Å². The van der Waals surface area contributed by atoms with Gasteiger partial charge in [0.15, 0.2) is 5.78 Å². The molecule has 0 fully saturated rings. The molecule has 1 aliphatic heterocycles. The number of carbonyl (C=O) groups is 2. The van der Waals surface area contributed by atoms with E-state index >= 15 is 0 Å². The fourth-order valence-electron chi connectivity index (χ4n) is 4.03. The van der Waals surface area contributed by atoms with E-state index in [2.05, 4.69) is 5.32 Å². The van der Waals surface area contributed by atoms with Crippen molar-refractivity contribution in [3.8, 4) is 5.75 Å². The molecule has 26 heavy (non-hydrogen) atoms. The number of rotatable bonds is 2. The second-order valence-electron chi connectivity index (χ2n) is 7.89. The Labute approximate surface area is 153 Å². The fourth-order valence-corrected chi connectivity index (χ4v) is 4.03. The summed E-state index contributed by atoms with van der Waals surface area (Å²) in [6.45, 7) is 6.11. The number of hydrogen-bond donors (Lipinski definition) is 1. The van der Waals surface area contributed by atoms with E-state index in [9.17, 15) is 9.59 Å². The number of amides is 1. The smallest absolute Gasteiger partial charge is 0.252 e. The molecule has 1 aliphatic carbocycles. The van der Waals surface area contributed by atoms with Gasteiger partial charge in [0, 0.05) is 29.5 Å². The van der Waals surface area contributed by atoms with Crippen LogP contribution in [0.3, 0.4) is 0 Å². The largest absolute Gasteiger partial charge is 0.487 e. The van der Waals surface area contributed by atoms with Crippen LogP contribution in [-0.2, 0) is 6.42 Å². The normalized spacial score (nSPS) is 20.1. The minimum absolute atomic E-state index is 0.116. The predicted octanol–water partition coefficient (Wildman–Crippen LogP) is 4.16. The molecule has 2 aromatic rings. The Kier molecular flexibility index (Phi) is 3.87. The highest BCUT2D eigenvalue weighted by Gasteiger charge is 2.35. The Hall–Kier alpha value is -2.62. The summed E-state index contributed by atoms with van der Waals surface area (Å²) in [4.78, 5) is 25.0. The van der Waals surface area contributed by atoms with Crippen LogP contribution in [0.25, 0.3) is 0 Å². The molecule has 4 rings (SSSR count). The van der Waals surface area contributed by atoms with Gasteiger partial charge in [0.2, 0.25) is 0 Å². The molecule has 4 nitrogen and oxygen atoms in total. The molecule has 134 valence electrons. The average Bonchev–Trinajstić information content (AvgIpc) is 2.94. The zero-order valence-corrected chi connectivity index (χ0v) is 15.4. The summed E-state index contributed by atoms with van der Waals surface area (Å²) in [5, 5.41) is 3.18. The molecule has 0 spiro atoms. The maximum atomic E-state index is 13.0. The van der Waals surface area contributed by atoms with Crippen molar-refractivity contribution in [2.75, 3.05) is 0 Å². The van der Waals surface area contributed by atoms with Crippen molar-refractivity contribution in [1.29, 1.82) is 0 Å². The second kappa shape index (κ2) is 5.97. The molecule has 1 heterocycles. The van der Waals surface area contributed by atoms with Crippen molar-refractivity contribution in [3.05, 3.63) is 64.2 Å². The highest BCUT2D eigenvalue weighted by Crippen LogP contribution is 2.40. The Balaban J connectivity index is 1.66. The summed E-state index contributed by atoms with van der Waals surface area (Å²) in [5.74, 6) is 0.841. The van der Waals surface area contributed by atoms with Gasteiger partial charge in [-0.2, -0.15) is 0 Å². The number of fused-ring (bicyclic) bond motifs is 2. The minimum atomic E-state index is -0.354. The van der Waals surface area contributed by atoms with Crippen molar-refractivity contribution < 1.29 is 14.3 Å². The van der Waals surface area contributed by atoms with E-state index < -0.39 is 0 Å². The molecule has 0 bridgehead atoms. The maximum absolute atomic E-state index is 13.0. The molecule has 1 unspecified atom stereocenters. The highest BCUT2D eigenvalue weighted by molar-refractivity contribution is 6.05. The average molecular weight is 349 g/mol. The number of nitrogens with one attached hydrogen (secondary N) is 1. The van der Waals surface area contributed by atoms with E-state index in [-0.39, 0.29) is 23.3 Å². The molecule has 2 aromatic carbocycles. The third-order valence-electron chi connectivity index (χ3n) is 5.25. The van der Waals surface area contributed by atoms with Gasteiger partial charge < -0.3 is 10.1 Å². The quantitative estimate of drug-likeness (QED) is 0.886. The molecule has 0 aromatic heterocycles. The van der Waals surface area contributed by atoms with Crippen molar-refractivity contribution in [2.45, 2.75) is 51.7 Å². The molecular formula is C22H23NO3. The third kappa shape index (κ3) is 2.90. The summed E-state index contributed by atoms with van der Waals surface area (Å²) >= 11 is 0. The number of ether oxygens (including phenoxy) is 1. The molecule has 1 amide bonds. The molecule has 4 heteroatoms. The number of aryl methyl sites for hydroxylation is 1. The lowest BCUT2D eigenvalue weighted by molar-refractivity contribution is 0.0619. The first-order chi connectivity index (χ1) is 12.3. The van der Waals surface area contributed by atoms with Gasteiger partial charge >= 0.3 is 0 Å². The third-order valence-corrected chi connectivity index (χ3v) is 5.25. The Bertz CT molecular complexity index is 914. The van der Waals surface area contributed by atoms with Crippen LogP contribution in [0.5, 0.6) is 5.75 Å². The van der Waals surface area contributed by atoms with Gasteiger partial charge in [0.1, 0.15) is 11.4 Å². The standard InChI is InChI=1S/C22H23NO3/c1-13-7-8-17-18(12-22(2,3)26-20(17)11-13)23-21(25)16-6-4-5-15-14(16)9-10-19(15)24/h4-8,11,18H,9-10,12H2,1-3H3,(H,23,25). The summed E-state index contributed by atoms with van der Waals surface area (Å²) in [6, 6.07) is 11.4. The Morgan fingerprint density at radius 1 is 1.19 bits per heavy atom. The maximum Gasteiger partial charge on any atom is 0.252 e. The number of ketones is 1. The molecule has 1 N–H and O–H groups in total. The summed E-state index contributed by atoms with van der Waals surface area (Å²) in [6.07, 6.45) is 1.83. The highest BCUT2D eigenvalue weighted by atomic mass is 16.5. The van der Waals surface area contributed by atoms with Crippen molar-refractivity contribution >= 4 is 11.7 Å². The van der Waals surface area contributed by atoms with Crippen LogP contribution >= 0.6 is 0 Å². The molecule has 0 saturated heterocycles. The molecule has 1 atom stereocenters. The van der Waals surface area contributed by atoms with E-state index in [1.54, 1.807) is 6.07 Å². The van der Waals surface area contributed by atoms with Gasteiger partial charge in [-0.15, -0.1) is 0 Å². The van der Waals surface area contributed by atoms with Gasteiger partial charge in [-0.05, 0) is 50.5 Å². The van der Waals surface area contributed by atoms with Crippen LogP contribution in [0.4, 0.5) is 0 Å². The van der Waals surface area contributed by atoms with E-state index in [1.165, 1.54) is 0 Å². The lowest BCUT2D eigenvalue weighted by Crippen LogP contribution is -2.41. The zero-order chi connectivity index (χ0) is 18.5. The number of Topliss-reactive ketones (excluding diaryl/α,β-unsaturated/α-hetero) is 1. The van der Waals surface area contributed by atoms with Gasteiger partial charge in [-0.25, -0.2) is 0 Å². The first-order valence-corrected chi connectivity index (χ1v) is 9.09. The van der Waals surface area contributed by atoms with Gasteiger partial charge in [0.05, 0.1) is 6.04 Å². The van der Waals surface area contributed by atoms with Crippen LogP contribution in [0.1, 0.15) is 70.1 Å². The Morgan fingerprint density at radius 2 is 2.00 bits per heavy atom. The zero-order valence-electron chi connectivity index (χ0n) is 15.4. The van der Waals surface area contributed by atoms with Crippen LogP contribution in [0.2, 0.25) is 0 Å². The predicted molar refractivity (Wildman–Crippen MR) is 99.8 cm³/mol. The topological polar surface area (TPSA) is 55.4 Å². The minimum Gasteiger partial charge on any atom is -0.487 e. The fraction of sp³-hybridized carbons (Fsp3) is 0.364. The molecule has 0 saturated carbocycles. The summed E-state index contributed by atoms with van der Waals surface area (Å²) in [7, 11) is 0. The summed E-state index contributed by atoms with van der Waals surface area (Å²) < 4.78 is 6.11. The Morgan fingerprint density at radius 3 is 2.81 bits per heavy atom. The van der Waals surface area contributed by atoms with Crippen LogP contribution in [0.15, 0.2) is 36.4 Å². The second-order valence-corrected chi connectivity index (χ2v) is 7.89. The lowest BCUT2D eigenvalue weighted by atomic mass is 9.88. The van der Waals surface area contributed by atoms with Crippen LogP contribution in [-0.4, -0.2) is 17.3 Å².